The van der Waals surface area contributed by atoms with Crippen LogP contribution in [0.1, 0.15) is 53.0 Å². The standard InChI is InChI=1S/C25H31N5O/c1-17(2)24-26-18(3)15-23(27-24)28-11-13-29(14-12-28)25(31)22-16-19(4)30(20(22)5)21-9-7-6-8-10-21/h6-10,15-17H,11-14H2,1-5H3. The maximum Gasteiger partial charge on any atom is 0.255 e. The van der Waals surface area contributed by atoms with E-state index in [1.165, 1.54) is 0 Å². The zero-order valence-electron chi connectivity index (χ0n) is 19.1. The van der Waals surface area contributed by atoms with Crippen LogP contribution in [0.15, 0.2) is 42.5 Å². The molecule has 1 aliphatic heterocycles. The molecule has 0 spiro atoms. The normalized spacial score (nSPS) is 14.4. The minimum Gasteiger partial charge on any atom is -0.353 e. The molecule has 31 heavy (non-hydrogen) atoms. The number of aromatic nitrogens is 3. The summed E-state index contributed by atoms with van der Waals surface area (Å²) in [4.78, 5) is 26.9. The first-order valence-corrected chi connectivity index (χ1v) is 11.0. The van der Waals surface area contributed by atoms with Gasteiger partial charge in [0.1, 0.15) is 11.6 Å². The molecule has 1 saturated heterocycles. The number of aryl methyl sites for hydroxylation is 2. The summed E-state index contributed by atoms with van der Waals surface area (Å²) < 4.78 is 2.15. The van der Waals surface area contributed by atoms with E-state index in [9.17, 15) is 4.79 Å². The highest BCUT2D eigenvalue weighted by atomic mass is 16.2. The van der Waals surface area contributed by atoms with Crippen LogP contribution in [0.3, 0.4) is 0 Å². The van der Waals surface area contributed by atoms with Gasteiger partial charge in [-0.3, -0.25) is 4.79 Å². The number of benzene rings is 1. The van der Waals surface area contributed by atoms with Gasteiger partial charge in [-0.25, -0.2) is 9.97 Å². The van der Waals surface area contributed by atoms with Crippen LogP contribution in [0.4, 0.5) is 5.82 Å². The average molecular weight is 418 g/mol. The number of anilines is 1. The second-order valence-corrected chi connectivity index (χ2v) is 8.62. The largest absolute Gasteiger partial charge is 0.353 e. The second-order valence-electron chi connectivity index (χ2n) is 8.62. The Morgan fingerprint density at radius 1 is 0.935 bits per heavy atom. The lowest BCUT2D eigenvalue weighted by Crippen LogP contribution is -2.49. The summed E-state index contributed by atoms with van der Waals surface area (Å²) in [5, 5.41) is 0. The quantitative estimate of drug-likeness (QED) is 0.636. The van der Waals surface area contributed by atoms with Crippen LogP contribution in [0, 0.1) is 20.8 Å². The van der Waals surface area contributed by atoms with E-state index < -0.39 is 0 Å². The summed E-state index contributed by atoms with van der Waals surface area (Å²) in [5.74, 6) is 2.24. The molecule has 3 aromatic rings. The first kappa shape index (κ1) is 21.1. The Bertz CT molecular complexity index is 1080. The number of hydrogen-bond donors (Lipinski definition) is 0. The molecule has 4 rings (SSSR count). The molecule has 1 amide bonds. The minimum atomic E-state index is 0.108. The van der Waals surface area contributed by atoms with E-state index in [4.69, 9.17) is 4.98 Å². The van der Waals surface area contributed by atoms with Crippen molar-refractivity contribution in [2.24, 2.45) is 0 Å². The topological polar surface area (TPSA) is 54.3 Å². The number of hydrogen-bond acceptors (Lipinski definition) is 4. The van der Waals surface area contributed by atoms with E-state index >= 15 is 0 Å². The van der Waals surface area contributed by atoms with Crippen LogP contribution in [0.5, 0.6) is 0 Å². The molecule has 6 nitrogen and oxygen atoms in total. The molecule has 0 N–H and O–H groups in total. The number of carbonyl (C=O) groups excluding carboxylic acids is 1. The Balaban J connectivity index is 1.50. The van der Waals surface area contributed by atoms with Crippen molar-refractivity contribution in [3.05, 3.63) is 70.9 Å². The summed E-state index contributed by atoms with van der Waals surface area (Å²) in [6, 6.07) is 14.2. The molecule has 0 unspecified atom stereocenters. The molecule has 3 heterocycles. The summed E-state index contributed by atoms with van der Waals surface area (Å²) in [5.41, 5.74) is 4.92. The van der Waals surface area contributed by atoms with Crippen LogP contribution in [-0.4, -0.2) is 51.5 Å². The SMILES string of the molecule is Cc1cc(N2CCN(C(=O)c3cc(C)n(-c4ccccc4)c3C)CC2)nc(C(C)C)n1. The highest BCUT2D eigenvalue weighted by molar-refractivity contribution is 5.96. The number of carbonyl (C=O) groups is 1. The van der Waals surface area contributed by atoms with E-state index in [2.05, 4.69) is 47.4 Å². The summed E-state index contributed by atoms with van der Waals surface area (Å²) in [6.07, 6.45) is 0. The van der Waals surface area contributed by atoms with Crippen molar-refractivity contribution in [1.29, 1.82) is 0 Å². The van der Waals surface area contributed by atoms with Gasteiger partial charge in [-0.15, -0.1) is 0 Å². The summed E-state index contributed by atoms with van der Waals surface area (Å²) in [7, 11) is 0. The Hall–Kier alpha value is -3.15. The highest BCUT2D eigenvalue weighted by Gasteiger charge is 2.26. The fourth-order valence-electron chi connectivity index (χ4n) is 4.26. The molecule has 6 heteroatoms. The van der Waals surface area contributed by atoms with Crippen molar-refractivity contribution in [2.45, 2.75) is 40.5 Å². The van der Waals surface area contributed by atoms with Gasteiger partial charge in [-0.05, 0) is 39.0 Å². The lowest BCUT2D eigenvalue weighted by atomic mass is 10.2. The van der Waals surface area contributed by atoms with Crippen molar-refractivity contribution in [1.82, 2.24) is 19.4 Å². The number of nitrogens with zero attached hydrogens (tertiary/aromatic N) is 5. The third-order valence-corrected chi connectivity index (χ3v) is 5.94. The monoisotopic (exact) mass is 417 g/mol. The molecule has 1 fully saturated rings. The Kier molecular flexibility index (Phi) is 5.81. The van der Waals surface area contributed by atoms with E-state index in [0.29, 0.717) is 19.0 Å². The first-order chi connectivity index (χ1) is 14.8. The zero-order valence-corrected chi connectivity index (χ0v) is 19.1. The van der Waals surface area contributed by atoms with Gasteiger partial charge in [-0.2, -0.15) is 0 Å². The predicted molar refractivity (Wildman–Crippen MR) is 124 cm³/mol. The Morgan fingerprint density at radius 2 is 1.61 bits per heavy atom. The predicted octanol–water partition coefficient (Wildman–Crippen LogP) is 4.28. The van der Waals surface area contributed by atoms with Gasteiger partial charge in [0.25, 0.3) is 5.91 Å². The fourth-order valence-corrected chi connectivity index (χ4v) is 4.26. The molecule has 0 aliphatic carbocycles. The van der Waals surface area contributed by atoms with Crippen molar-refractivity contribution >= 4 is 11.7 Å². The van der Waals surface area contributed by atoms with Crippen LogP contribution in [-0.2, 0) is 0 Å². The smallest absolute Gasteiger partial charge is 0.255 e. The zero-order chi connectivity index (χ0) is 22.1. The number of amides is 1. The lowest BCUT2D eigenvalue weighted by molar-refractivity contribution is 0.0745. The van der Waals surface area contributed by atoms with Gasteiger partial charge in [-0.1, -0.05) is 32.0 Å². The molecule has 162 valence electrons. The van der Waals surface area contributed by atoms with Gasteiger partial charge < -0.3 is 14.4 Å². The van der Waals surface area contributed by atoms with Crippen LogP contribution < -0.4 is 4.90 Å². The first-order valence-electron chi connectivity index (χ1n) is 11.0. The maximum absolute atomic E-state index is 13.3. The fraction of sp³-hybridized carbons (Fsp3) is 0.400. The number of piperazine rings is 1. The van der Waals surface area contributed by atoms with Gasteiger partial charge in [0, 0.05) is 60.9 Å². The molecular weight excluding hydrogens is 386 g/mol. The molecule has 1 aliphatic rings. The Morgan fingerprint density at radius 3 is 2.26 bits per heavy atom. The minimum absolute atomic E-state index is 0.108. The van der Waals surface area contributed by atoms with Gasteiger partial charge >= 0.3 is 0 Å². The van der Waals surface area contributed by atoms with Crippen LogP contribution in [0.2, 0.25) is 0 Å². The molecule has 0 bridgehead atoms. The van der Waals surface area contributed by atoms with E-state index in [1.807, 2.05) is 49.1 Å². The van der Waals surface area contributed by atoms with Crippen molar-refractivity contribution < 1.29 is 4.79 Å². The highest BCUT2D eigenvalue weighted by Crippen LogP contribution is 2.24. The van der Waals surface area contributed by atoms with Gasteiger partial charge in [0.15, 0.2) is 0 Å². The van der Waals surface area contributed by atoms with Crippen molar-refractivity contribution in [3.8, 4) is 5.69 Å². The summed E-state index contributed by atoms with van der Waals surface area (Å²) >= 11 is 0. The molecular formula is C25H31N5O. The van der Waals surface area contributed by atoms with E-state index in [-0.39, 0.29) is 5.91 Å². The third-order valence-electron chi connectivity index (χ3n) is 5.94. The number of rotatable bonds is 4. The van der Waals surface area contributed by atoms with Gasteiger partial charge in [0.2, 0.25) is 0 Å². The molecule has 2 aromatic heterocycles. The Labute approximate surface area is 184 Å². The van der Waals surface area contributed by atoms with E-state index in [0.717, 1.165) is 53.1 Å². The van der Waals surface area contributed by atoms with Gasteiger partial charge in [0.05, 0.1) is 5.56 Å². The number of para-hydroxylation sites is 1. The average Bonchev–Trinajstić information content (AvgIpc) is 3.07. The molecule has 0 saturated carbocycles. The van der Waals surface area contributed by atoms with Crippen LogP contribution >= 0.6 is 0 Å². The maximum atomic E-state index is 13.3. The summed E-state index contributed by atoms with van der Waals surface area (Å²) in [6.45, 7) is 13.2. The lowest BCUT2D eigenvalue weighted by Gasteiger charge is -2.35. The third kappa shape index (κ3) is 4.20. The second kappa shape index (κ2) is 8.53. The molecule has 1 aromatic carbocycles. The van der Waals surface area contributed by atoms with Crippen molar-refractivity contribution in [3.63, 3.8) is 0 Å². The molecule has 0 atom stereocenters. The van der Waals surface area contributed by atoms with E-state index in [1.54, 1.807) is 0 Å². The molecule has 0 radical (unpaired) electrons. The van der Waals surface area contributed by atoms with Crippen molar-refractivity contribution in [2.75, 3.05) is 31.1 Å². The van der Waals surface area contributed by atoms with Crippen LogP contribution in [0.25, 0.3) is 5.69 Å².